The summed E-state index contributed by atoms with van der Waals surface area (Å²) in [7, 11) is 3.92. The predicted molar refractivity (Wildman–Crippen MR) is 84.8 cm³/mol. The van der Waals surface area contributed by atoms with Crippen molar-refractivity contribution >= 4 is 17.3 Å². The summed E-state index contributed by atoms with van der Waals surface area (Å²) in [4.78, 5) is 17.0. The van der Waals surface area contributed by atoms with Crippen LogP contribution in [-0.2, 0) is 16.8 Å². The number of aryl methyl sites for hydroxylation is 1. The van der Waals surface area contributed by atoms with Crippen molar-refractivity contribution in [3.8, 4) is 0 Å². The van der Waals surface area contributed by atoms with Crippen molar-refractivity contribution in [3.63, 3.8) is 0 Å². The second kappa shape index (κ2) is 3.88. The van der Waals surface area contributed by atoms with Gasteiger partial charge >= 0.3 is 0 Å². The fourth-order valence-corrected chi connectivity index (χ4v) is 3.85. The van der Waals surface area contributed by atoms with Crippen molar-refractivity contribution in [2.75, 3.05) is 23.9 Å². The van der Waals surface area contributed by atoms with E-state index in [4.69, 9.17) is 0 Å². The topological polar surface area (TPSA) is 23.6 Å². The third-order valence-electron chi connectivity index (χ3n) is 4.99. The minimum atomic E-state index is -0.568. The Morgan fingerprint density at radius 2 is 1.81 bits per heavy atom. The summed E-state index contributed by atoms with van der Waals surface area (Å²) in [5.41, 5.74) is 5.19. The summed E-state index contributed by atoms with van der Waals surface area (Å²) in [6, 6.07) is 14.6. The molecule has 0 bridgehead atoms. The number of hydrogen-bond acceptors (Lipinski definition) is 2. The van der Waals surface area contributed by atoms with E-state index in [0.29, 0.717) is 0 Å². The van der Waals surface area contributed by atoms with E-state index in [2.05, 4.69) is 42.2 Å². The first kappa shape index (κ1) is 12.5. The zero-order valence-corrected chi connectivity index (χ0v) is 12.6. The van der Waals surface area contributed by atoms with Gasteiger partial charge < -0.3 is 9.80 Å². The highest BCUT2D eigenvalue weighted by Gasteiger charge is 2.56. The van der Waals surface area contributed by atoms with Crippen molar-refractivity contribution in [3.05, 3.63) is 59.2 Å². The number of benzene rings is 2. The Morgan fingerprint density at radius 3 is 2.57 bits per heavy atom. The number of amides is 1. The number of anilines is 2. The fraction of sp³-hybridized carbons (Fsp3) is 0.278. The van der Waals surface area contributed by atoms with Gasteiger partial charge in [-0.1, -0.05) is 30.3 Å². The first-order valence-electron chi connectivity index (χ1n) is 7.27. The molecule has 0 saturated carbocycles. The molecule has 21 heavy (non-hydrogen) atoms. The Kier molecular flexibility index (Phi) is 2.30. The van der Waals surface area contributed by atoms with E-state index in [-0.39, 0.29) is 5.91 Å². The average Bonchev–Trinajstić information content (AvgIpc) is 2.89. The summed E-state index contributed by atoms with van der Waals surface area (Å²) >= 11 is 0. The maximum absolute atomic E-state index is 13.1. The number of carbonyl (C=O) groups is 1. The van der Waals surface area contributed by atoms with Gasteiger partial charge in [0.2, 0.25) is 0 Å². The highest BCUT2D eigenvalue weighted by molar-refractivity contribution is 6.10. The molecule has 1 atom stereocenters. The molecule has 0 radical (unpaired) electrons. The number of rotatable bonds is 0. The summed E-state index contributed by atoms with van der Waals surface area (Å²) in [6.45, 7) is 2.07. The normalized spacial score (nSPS) is 22.9. The van der Waals surface area contributed by atoms with Crippen LogP contribution in [-0.4, -0.2) is 20.0 Å². The van der Waals surface area contributed by atoms with Crippen LogP contribution in [0.25, 0.3) is 0 Å². The number of nitrogens with zero attached hydrogens (tertiary/aromatic N) is 2. The van der Waals surface area contributed by atoms with E-state index in [1.807, 2.05) is 31.1 Å². The van der Waals surface area contributed by atoms with Gasteiger partial charge in [0, 0.05) is 37.5 Å². The lowest BCUT2D eigenvalue weighted by Gasteiger charge is -2.32. The standard InChI is InChI=1S/C18H18N2O/c1-12-8-9-14-16(10-12)19(2)17(21)18(14)11-13-6-4-5-7-15(13)20(18)3/h4-10H,11H2,1-3H3. The van der Waals surface area contributed by atoms with E-state index in [1.54, 1.807) is 0 Å². The number of fused-ring (bicyclic) bond motifs is 3. The minimum Gasteiger partial charge on any atom is -0.356 e. The van der Waals surface area contributed by atoms with Gasteiger partial charge in [0.15, 0.2) is 5.54 Å². The molecule has 2 aromatic carbocycles. The quantitative estimate of drug-likeness (QED) is 0.740. The summed E-state index contributed by atoms with van der Waals surface area (Å²) in [6.07, 6.45) is 0.749. The van der Waals surface area contributed by atoms with E-state index in [0.717, 1.165) is 23.4 Å². The zero-order chi connectivity index (χ0) is 14.8. The van der Waals surface area contributed by atoms with E-state index in [1.165, 1.54) is 11.1 Å². The maximum atomic E-state index is 13.1. The number of hydrogen-bond donors (Lipinski definition) is 0. The molecule has 3 nitrogen and oxygen atoms in total. The van der Waals surface area contributed by atoms with Crippen LogP contribution in [0.3, 0.4) is 0 Å². The van der Waals surface area contributed by atoms with E-state index in [9.17, 15) is 4.79 Å². The minimum absolute atomic E-state index is 0.168. The van der Waals surface area contributed by atoms with Gasteiger partial charge in [0.05, 0.1) is 0 Å². The van der Waals surface area contributed by atoms with Crippen molar-refractivity contribution < 1.29 is 4.79 Å². The largest absolute Gasteiger partial charge is 0.356 e. The number of para-hydroxylation sites is 1. The highest BCUT2D eigenvalue weighted by atomic mass is 16.2. The lowest BCUT2D eigenvalue weighted by Crippen LogP contribution is -2.49. The van der Waals surface area contributed by atoms with Gasteiger partial charge in [0.1, 0.15) is 0 Å². The Hall–Kier alpha value is -2.29. The molecule has 0 N–H and O–H groups in total. The number of likely N-dealkylation sites (N-methyl/N-ethyl adjacent to an activating group) is 2. The third kappa shape index (κ3) is 1.36. The Labute approximate surface area is 124 Å². The van der Waals surface area contributed by atoms with Gasteiger partial charge in [0.25, 0.3) is 5.91 Å². The molecule has 106 valence electrons. The second-order valence-corrected chi connectivity index (χ2v) is 6.11. The average molecular weight is 278 g/mol. The molecule has 4 rings (SSSR count). The van der Waals surface area contributed by atoms with Crippen LogP contribution in [0, 0.1) is 6.92 Å². The lowest BCUT2D eigenvalue weighted by molar-refractivity contribution is -0.122. The van der Waals surface area contributed by atoms with Gasteiger partial charge in [-0.25, -0.2) is 0 Å². The summed E-state index contributed by atoms with van der Waals surface area (Å²) < 4.78 is 0. The van der Waals surface area contributed by atoms with Crippen molar-refractivity contribution in [1.29, 1.82) is 0 Å². The van der Waals surface area contributed by atoms with Gasteiger partial charge in [-0.3, -0.25) is 4.79 Å². The molecule has 0 fully saturated rings. The Morgan fingerprint density at radius 1 is 1.05 bits per heavy atom. The predicted octanol–water partition coefficient (Wildman–Crippen LogP) is 2.86. The second-order valence-electron chi connectivity index (χ2n) is 6.11. The van der Waals surface area contributed by atoms with Crippen LogP contribution in [0.1, 0.15) is 16.7 Å². The summed E-state index contributed by atoms with van der Waals surface area (Å²) in [5, 5.41) is 0. The first-order valence-corrected chi connectivity index (χ1v) is 7.27. The molecular formula is C18H18N2O. The highest BCUT2D eigenvalue weighted by Crippen LogP contribution is 2.51. The lowest BCUT2D eigenvalue weighted by atomic mass is 9.87. The van der Waals surface area contributed by atoms with Gasteiger partial charge in [-0.15, -0.1) is 0 Å². The zero-order valence-electron chi connectivity index (χ0n) is 12.6. The van der Waals surface area contributed by atoms with Crippen LogP contribution >= 0.6 is 0 Å². The molecule has 2 heterocycles. The van der Waals surface area contributed by atoms with E-state index >= 15 is 0 Å². The molecule has 0 aromatic heterocycles. The molecule has 1 spiro atoms. The molecule has 1 unspecified atom stereocenters. The third-order valence-corrected chi connectivity index (χ3v) is 4.99. The fourth-order valence-electron chi connectivity index (χ4n) is 3.85. The monoisotopic (exact) mass is 278 g/mol. The van der Waals surface area contributed by atoms with Crippen molar-refractivity contribution in [2.45, 2.75) is 18.9 Å². The summed E-state index contributed by atoms with van der Waals surface area (Å²) in [5.74, 6) is 0.168. The van der Waals surface area contributed by atoms with Crippen molar-refractivity contribution in [2.24, 2.45) is 0 Å². The molecular weight excluding hydrogens is 260 g/mol. The molecule has 2 aliphatic heterocycles. The van der Waals surface area contributed by atoms with Crippen LogP contribution in [0.4, 0.5) is 11.4 Å². The number of carbonyl (C=O) groups excluding carboxylic acids is 1. The van der Waals surface area contributed by atoms with Gasteiger partial charge in [-0.05, 0) is 30.2 Å². The Bertz CT molecular complexity index is 768. The Balaban J connectivity index is 1.97. The van der Waals surface area contributed by atoms with Crippen LogP contribution in [0.2, 0.25) is 0 Å². The van der Waals surface area contributed by atoms with Crippen LogP contribution in [0.5, 0.6) is 0 Å². The molecule has 2 aromatic rings. The molecule has 0 saturated heterocycles. The molecule has 2 aliphatic rings. The van der Waals surface area contributed by atoms with Crippen LogP contribution in [0.15, 0.2) is 42.5 Å². The molecule has 1 amide bonds. The van der Waals surface area contributed by atoms with Crippen molar-refractivity contribution in [1.82, 2.24) is 0 Å². The van der Waals surface area contributed by atoms with E-state index < -0.39 is 5.54 Å². The molecule has 0 aliphatic carbocycles. The maximum Gasteiger partial charge on any atom is 0.257 e. The first-order chi connectivity index (χ1) is 10.1. The molecule has 3 heteroatoms. The van der Waals surface area contributed by atoms with Crippen LogP contribution < -0.4 is 9.80 Å². The smallest absolute Gasteiger partial charge is 0.257 e. The van der Waals surface area contributed by atoms with Gasteiger partial charge in [-0.2, -0.15) is 0 Å². The SMILES string of the molecule is Cc1ccc2c(c1)N(C)C(=O)C21Cc2ccccc2N1C.